The second-order valence-electron chi connectivity index (χ2n) is 4.12. The molecule has 0 aromatic carbocycles. The van der Waals surface area contributed by atoms with Crippen molar-refractivity contribution in [2.45, 2.75) is 33.2 Å². The molecule has 0 aliphatic rings. The molecule has 92 valence electrons. The summed E-state index contributed by atoms with van der Waals surface area (Å²) in [5.41, 5.74) is 3.70. The molecule has 0 amide bonds. The molecule has 1 rings (SSSR count). The van der Waals surface area contributed by atoms with Crippen molar-refractivity contribution in [2.75, 3.05) is 20.3 Å². The van der Waals surface area contributed by atoms with Crippen molar-refractivity contribution >= 4 is 0 Å². The van der Waals surface area contributed by atoms with E-state index in [-0.39, 0.29) is 0 Å². The van der Waals surface area contributed by atoms with E-state index in [1.165, 1.54) is 11.3 Å². The maximum Gasteiger partial charge on any atom is 0.0644 e. The number of aromatic nitrogens is 2. The molecule has 0 saturated heterocycles. The minimum absolute atomic E-state index is 0.379. The SMILES string of the molecule is CCC(NCCOC)c1c(C)nn(C)c1C. The number of nitrogens with zero attached hydrogens (tertiary/aromatic N) is 2. The second-order valence-corrected chi connectivity index (χ2v) is 4.12. The first-order valence-corrected chi connectivity index (χ1v) is 5.84. The van der Waals surface area contributed by atoms with Gasteiger partial charge in [-0.25, -0.2) is 0 Å². The normalized spacial score (nSPS) is 13.1. The Hall–Kier alpha value is -0.870. The lowest BCUT2D eigenvalue weighted by Gasteiger charge is -2.17. The summed E-state index contributed by atoms with van der Waals surface area (Å²) in [5.74, 6) is 0. The molecule has 0 spiro atoms. The first-order chi connectivity index (χ1) is 7.61. The fraction of sp³-hybridized carbons (Fsp3) is 0.750. The van der Waals surface area contributed by atoms with Gasteiger partial charge in [-0.1, -0.05) is 6.92 Å². The number of methoxy groups -OCH3 is 1. The highest BCUT2D eigenvalue weighted by atomic mass is 16.5. The Balaban J connectivity index is 2.78. The zero-order chi connectivity index (χ0) is 12.1. The number of rotatable bonds is 6. The molecule has 1 heterocycles. The third-order valence-electron chi connectivity index (χ3n) is 3.02. The van der Waals surface area contributed by atoms with Gasteiger partial charge in [-0.15, -0.1) is 0 Å². The fourth-order valence-corrected chi connectivity index (χ4v) is 2.08. The molecule has 4 nitrogen and oxygen atoms in total. The molecular weight excluding hydrogens is 202 g/mol. The van der Waals surface area contributed by atoms with E-state index >= 15 is 0 Å². The first kappa shape index (κ1) is 13.2. The van der Waals surface area contributed by atoms with Crippen LogP contribution >= 0.6 is 0 Å². The summed E-state index contributed by atoms with van der Waals surface area (Å²) in [7, 11) is 3.72. The Labute approximate surface area is 98.0 Å². The van der Waals surface area contributed by atoms with Crippen LogP contribution < -0.4 is 5.32 Å². The summed E-state index contributed by atoms with van der Waals surface area (Å²) in [5, 5.41) is 7.96. The summed E-state index contributed by atoms with van der Waals surface area (Å²) in [6.45, 7) is 8.01. The molecule has 1 unspecified atom stereocenters. The molecule has 0 fully saturated rings. The van der Waals surface area contributed by atoms with E-state index in [4.69, 9.17) is 4.74 Å². The third-order valence-corrected chi connectivity index (χ3v) is 3.02. The van der Waals surface area contributed by atoms with E-state index in [1.54, 1.807) is 7.11 Å². The Morgan fingerprint density at radius 1 is 1.44 bits per heavy atom. The minimum Gasteiger partial charge on any atom is -0.383 e. The van der Waals surface area contributed by atoms with Crippen LogP contribution in [0.3, 0.4) is 0 Å². The summed E-state index contributed by atoms with van der Waals surface area (Å²) >= 11 is 0. The molecule has 0 saturated carbocycles. The van der Waals surface area contributed by atoms with Crippen LogP contribution in [0.15, 0.2) is 0 Å². The maximum absolute atomic E-state index is 5.05. The van der Waals surface area contributed by atoms with Crippen molar-refractivity contribution < 1.29 is 4.74 Å². The standard InChI is InChI=1S/C12H23N3O/c1-6-11(13-7-8-16-5)12-9(2)14-15(4)10(12)3/h11,13H,6-8H2,1-5H3. The molecule has 1 aromatic heterocycles. The summed E-state index contributed by atoms with van der Waals surface area (Å²) in [4.78, 5) is 0. The highest BCUT2D eigenvalue weighted by molar-refractivity contribution is 5.28. The van der Waals surface area contributed by atoms with Crippen molar-refractivity contribution in [3.05, 3.63) is 17.0 Å². The van der Waals surface area contributed by atoms with Crippen LogP contribution in [-0.2, 0) is 11.8 Å². The van der Waals surface area contributed by atoms with Crippen molar-refractivity contribution in [2.24, 2.45) is 7.05 Å². The lowest BCUT2D eigenvalue weighted by Crippen LogP contribution is -2.25. The van der Waals surface area contributed by atoms with Crippen molar-refractivity contribution in [3.8, 4) is 0 Å². The summed E-state index contributed by atoms with van der Waals surface area (Å²) < 4.78 is 7.00. The van der Waals surface area contributed by atoms with Crippen molar-refractivity contribution in [1.82, 2.24) is 15.1 Å². The number of hydrogen-bond acceptors (Lipinski definition) is 3. The van der Waals surface area contributed by atoms with Gasteiger partial charge in [0.05, 0.1) is 12.3 Å². The second kappa shape index (κ2) is 6.01. The van der Waals surface area contributed by atoms with E-state index in [1.807, 2.05) is 11.7 Å². The molecule has 1 atom stereocenters. The minimum atomic E-state index is 0.379. The van der Waals surface area contributed by atoms with Crippen LogP contribution in [0.4, 0.5) is 0 Å². The van der Waals surface area contributed by atoms with E-state index in [9.17, 15) is 0 Å². The molecular formula is C12H23N3O. The highest BCUT2D eigenvalue weighted by Gasteiger charge is 2.17. The van der Waals surface area contributed by atoms with E-state index in [2.05, 4.69) is 31.2 Å². The van der Waals surface area contributed by atoms with Gasteiger partial charge in [0, 0.05) is 38.0 Å². The van der Waals surface area contributed by atoms with Gasteiger partial charge in [-0.3, -0.25) is 4.68 Å². The van der Waals surface area contributed by atoms with Gasteiger partial charge in [-0.2, -0.15) is 5.10 Å². The van der Waals surface area contributed by atoms with Crippen LogP contribution in [0.5, 0.6) is 0 Å². The molecule has 0 aliphatic carbocycles. The number of nitrogens with one attached hydrogen (secondary N) is 1. The van der Waals surface area contributed by atoms with E-state index in [0.717, 1.165) is 25.3 Å². The van der Waals surface area contributed by atoms with Crippen molar-refractivity contribution in [1.29, 1.82) is 0 Å². The lowest BCUT2D eigenvalue weighted by atomic mass is 10.0. The van der Waals surface area contributed by atoms with Crippen LogP contribution in [0.25, 0.3) is 0 Å². The van der Waals surface area contributed by atoms with Gasteiger partial charge in [0.1, 0.15) is 0 Å². The predicted molar refractivity (Wildman–Crippen MR) is 65.6 cm³/mol. The first-order valence-electron chi connectivity index (χ1n) is 5.84. The Bertz CT molecular complexity index is 333. The third kappa shape index (κ3) is 2.83. The quantitative estimate of drug-likeness (QED) is 0.749. The van der Waals surface area contributed by atoms with Crippen LogP contribution in [0.1, 0.15) is 36.3 Å². The number of hydrogen-bond donors (Lipinski definition) is 1. The van der Waals surface area contributed by atoms with Crippen LogP contribution in [0, 0.1) is 13.8 Å². The topological polar surface area (TPSA) is 39.1 Å². The van der Waals surface area contributed by atoms with Gasteiger partial charge in [-0.05, 0) is 20.3 Å². The van der Waals surface area contributed by atoms with Crippen molar-refractivity contribution in [3.63, 3.8) is 0 Å². The fourth-order valence-electron chi connectivity index (χ4n) is 2.08. The van der Waals surface area contributed by atoms with Gasteiger partial charge in [0.2, 0.25) is 0 Å². The average molecular weight is 225 g/mol. The van der Waals surface area contributed by atoms with Gasteiger partial charge in [0.15, 0.2) is 0 Å². The molecule has 0 bridgehead atoms. The lowest BCUT2D eigenvalue weighted by molar-refractivity contribution is 0.195. The maximum atomic E-state index is 5.05. The van der Waals surface area contributed by atoms with Gasteiger partial charge in [0.25, 0.3) is 0 Å². The van der Waals surface area contributed by atoms with E-state index < -0.39 is 0 Å². The summed E-state index contributed by atoms with van der Waals surface area (Å²) in [6.07, 6.45) is 1.07. The Morgan fingerprint density at radius 2 is 2.12 bits per heavy atom. The van der Waals surface area contributed by atoms with Crippen LogP contribution in [-0.4, -0.2) is 30.0 Å². The molecule has 16 heavy (non-hydrogen) atoms. The Kier molecular flexibility index (Phi) is 4.96. The predicted octanol–water partition coefficient (Wildman–Crippen LogP) is 1.72. The largest absolute Gasteiger partial charge is 0.383 e. The molecule has 1 aromatic rings. The number of aryl methyl sites for hydroxylation is 2. The summed E-state index contributed by atoms with van der Waals surface area (Å²) in [6, 6.07) is 0.379. The number of ether oxygens (including phenoxy) is 1. The van der Waals surface area contributed by atoms with E-state index in [0.29, 0.717) is 6.04 Å². The molecule has 0 aliphatic heterocycles. The Morgan fingerprint density at radius 3 is 2.56 bits per heavy atom. The molecule has 4 heteroatoms. The average Bonchev–Trinajstić information content (AvgIpc) is 2.50. The molecule has 0 radical (unpaired) electrons. The zero-order valence-electron chi connectivity index (χ0n) is 11.0. The van der Waals surface area contributed by atoms with Gasteiger partial charge < -0.3 is 10.1 Å². The zero-order valence-corrected chi connectivity index (χ0v) is 11.0. The molecule has 1 N–H and O–H groups in total. The van der Waals surface area contributed by atoms with Crippen LogP contribution in [0.2, 0.25) is 0 Å². The monoisotopic (exact) mass is 225 g/mol. The highest BCUT2D eigenvalue weighted by Crippen LogP contribution is 2.23. The smallest absolute Gasteiger partial charge is 0.0644 e. The van der Waals surface area contributed by atoms with Gasteiger partial charge >= 0.3 is 0 Å².